The van der Waals surface area contributed by atoms with Crippen molar-refractivity contribution in [2.24, 2.45) is 0 Å². The summed E-state index contributed by atoms with van der Waals surface area (Å²) < 4.78 is 5.25. The minimum absolute atomic E-state index is 0.812. The average Bonchev–Trinajstić information content (AvgIpc) is 2.47. The maximum atomic E-state index is 5.25. The summed E-state index contributed by atoms with van der Waals surface area (Å²) in [6.45, 7) is 1.68. The highest BCUT2D eigenvalue weighted by Gasteiger charge is 2.04. The predicted octanol–water partition coefficient (Wildman–Crippen LogP) is 2.76. The lowest BCUT2D eigenvalue weighted by atomic mass is 10.2. The minimum Gasteiger partial charge on any atom is -0.497 e. The predicted molar refractivity (Wildman–Crippen MR) is 81.9 cm³/mol. The van der Waals surface area contributed by atoms with Crippen LogP contribution < -0.4 is 10.1 Å². The van der Waals surface area contributed by atoms with Gasteiger partial charge in [-0.25, -0.2) is 0 Å². The third-order valence-corrected chi connectivity index (χ3v) is 3.12. The van der Waals surface area contributed by atoms with Crippen molar-refractivity contribution in [3.05, 3.63) is 53.9 Å². The summed E-state index contributed by atoms with van der Waals surface area (Å²) in [7, 11) is 5.70. The van der Waals surface area contributed by atoms with Gasteiger partial charge in [0.1, 0.15) is 5.75 Å². The Balaban J connectivity index is 1.99. The smallest absolute Gasteiger partial charge is 0.119 e. The van der Waals surface area contributed by atoms with Crippen molar-refractivity contribution in [3.8, 4) is 5.75 Å². The molecule has 20 heavy (non-hydrogen) atoms. The number of hydrogen-bond acceptors (Lipinski definition) is 4. The number of anilines is 1. The summed E-state index contributed by atoms with van der Waals surface area (Å²) in [5.41, 5.74) is 3.38. The van der Waals surface area contributed by atoms with Crippen LogP contribution in [0.2, 0.25) is 0 Å². The van der Waals surface area contributed by atoms with Gasteiger partial charge in [0.2, 0.25) is 0 Å². The van der Waals surface area contributed by atoms with Crippen molar-refractivity contribution in [1.82, 2.24) is 9.88 Å². The molecule has 0 aliphatic heterocycles. The van der Waals surface area contributed by atoms with E-state index >= 15 is 0 Å². The molecule has 0 aliphatic carbocycles. The number of nitrogens with one attached hydrogen (secondary N) is 1. The highest BCUT2D eigenvalue weighted by Crippen LogP contribution is 2.15. The number of pyridine rings is 1. The zero-order valence-corrected chi connectivity index (χ0v) is 12.3. The maximum Gasteiger partial charge on any atom is 0.119 e. The number of hydrogen-bond donors (Lipinski definition) is 1. The quantitative estimate of drug-likeness (QED) is 0.876. The third-order valence-electron chi connectivity index (χ3n) is 3.12. The monoisotopic (exact) mass is 271 g/mol. The zero-order chi connectivity index (χ0) is 14.4. The fourth-order valence-electron chi connectivity index (χ4n) is 2.14. The number of nitrogens with zero attached hydrogens (tertiary/aromatic N) is 2. The van der Waals surface area contributed by atoms with Crippen LogP contribution in [-0.2, 0) is 13.1 Å². The van der Waals surface area contributed by atoms with E-state index in [1.165, 1.54) is 5.56 Å². The van der Waals surface area contributed by atoms with E-state index in [0.717, 1.165) is 30.2 Å². The van der Waals surface area contributed by atoms with Crippen LogP contribution in [0.5, 0.6) is 5.75 Å². The second-order valence-electron chi connectivity index (χ2n) is 4.81. The van der Waals surface area contributed by atoms with Gasteiger partial charge in [-0.3, -0.25) is 9.88 Å². The van der Waals surface area contributed by atoms with Crippen molar-refractivity contribution in [1.29, 1.82) is 0 Å². The summed E-state index contributed by atoms with van der Waals surface area (Å²) >= 11 is 0. The number of ether oxygens (including phenoxy) is 1. The number of methoxy groups -OCH3 is 1. The summed E-state index contributed by atoms with van der Waals surface area (Å²) in [5, 5.41) is 3.13. The summed E-state index contributed by atoms with van der Waals surface area (Å²) in [5.74, 6) is 0.895. The fraction of sp³-hybridized carbons (Fsp3) is 0.312. The second-order valence-corrected chi connectivity index (χ2v) is 4.81. The SMILES string of the molecule is CNc1ccnc(CN(C)Cc2cccc(OC)c2)c1. The molecule has 2 aromatic rings. The summed E-state index contributed by atoms with van der Waals surface area (Å²) in [6, 6.07) is 12.2. The van der Waals surface area contributed by atoms with E-state index in [2.05, 4.69) is 40.4 Å². The Morgan fingerprint density at radius 1 is 1.20 bits per heavy atom. The molecule has 1 aromatic heterocycles. The molecule has 1 aromatic carbocycles. The Morgan fingerprint density at radius 3 is 2.80 bits per heavy atom. The average molecular weight is 271 g/mol. The van der Waals surface area contributed by atoms with Crippen LogP contribution in [0.4, 0.5) is 5.69 Å². The lowest BCUT2D eigenvalue weighted by Gasteiger charge is -2.17. The molecule has 0 radical (unpaired) electrons. The van der Waals surface area contributed by atoms with E-state index in [0.29, 0.717) is 0 Å². The van der Waals surface area contributed by atoms with Gasteiger partial charge in [0.25, 0.3) is 0 Å². The first-order valence-corrected chi connectivity index (χ1v) is 6.65. The van der Waals surface area contributed by atoms with Gasteiger partial charge in [0.05, 0.1) is 12.8 Å². The Bertz CT molecular complexity index is 507. The van der Waals surface area contributed by atoms with Gasteiger partial charge in [0, 0.05) is 32.0 Å². The standard InChI is InChI=1S/C16H21N3O/c1-17-14-7-8-18-15(10-14)12-19(2)11-13-5-4-6-16(9-13)20-3/h4-10H,11-12H2,1-3H3,(H,17,18). The molecule has 4 nitrogen and oxygen atoms in total. The van der Waals surface area contributed by atoms with E-state index in [4.69, 9.17) is 4.74 Å². The van der Waals surface area contributed by atoms with Gasteiger partial charge in [-0.2, -0.15) is 0 Å². The minimum atomic E-state index is 0.812. The third kappa shape index (κ3) is 3.96. The molecule has 1 heterocycles. The highest BCUT2D eigenvalue weighted by atomic mass is 16.5. The van der Waals surface area contributed by atoms with E-state index in [9.17, 15) is 0 Å². The second kappa shape index (κ2) is 6.91. The molecule has 0 fully saturated rings. The van der Waals surface area contributed by atoms with E-state index in [1.54, 1.807) is 7.11 Å². The van der Waals surface area contributed by atoms with Gasteiger partial charge >= 0.3 is 0 Å². The Labute approximate surface area is 120 Å². The largest absolute Gasteiger partial charge is 0.497 e. The molecule has 2 rings (SSSR count). The molecule has 0 unspecified atom stereocenters. The van der Waals surface area contributed by atoms with Crippen LogP contribution in [0.15, 0.2) is 42.6 Å². The van der Waals surface area contributed by atoms with Crippen LogP contribution >= 0.6 is 0 Å². The van der Waals surface area contributed by atoms with Crippen LogP contribution in [0.3, 0.4) is 0 Å². The molecule has 4 heteroatoms. The van der Waals surface area contributed by atoms with Crippen LogP contribution in [0.25, 0.3) is 0 Å². The molecule has 1 N–H and O–H groups in total. The summed E-state index contributed by atoms with van der Waals surface area (Å²) in [6.07, 6.45) is 1.83. The molecule has 0 spiro atoms. The highest BCUT2D eigenvalue weighted by molar-refractivity contribution is 5.42. The lowest BCUT2D eigenvalue weighted by molar-refractivity contribution is 0.314. The number of aromatic nitrogens is 1. The van der Waals surface area contributed by atoms with Gasteiger partial charge in [-0.05, 0) is 36.9 Å². The van der Waals surface area contributed by atoms with Crippen molar-refractivity contribution in [2.75, 3.05) is 26.5 Å². The van der Waals surface area contributed by atoms with Gasteiger partial charge < -0.3 is 10.1 Å². The first-order valence-electron chi connectivity index (χ1n) is 6.65. The Kier molecular flexibility index (Phi) is 4.96. The van der Waals surface area contributed by atoms with Crippen LogP contribution in [0, 0.1) is 0 Å². The number of benzene rings is 1. The number of rotatable bonds is 6. The molecule has 0 saturated carbocycles. The molecule has 106 valence electrons. The molecular formula is C16H21N3O. The van der Waals surface area contributed by atoms with Crippen LogP contribution in [0.1, 0.15) is 11.3 Å². The van der Waals surface area contributed by atoms with E-state index < -0.39 is 0 Å². The topological polar surface area (TPSA) is 37.4 Å². The molecular weight excluding hydrogens is 250 g/mol. The molecule has 0 saturated heterocycles. The van der Waals surface area contributed by atoms with Gasteiger partial charge in [-0.1, -0.05) is 12.1 Å². The Morgan fingerprint density at radius 2 is 2.05 bits per heavy atom. The Hall–Kier alpha value is -2.07. The van der Waals surface area contributed by atoms with Crippen LogP contribution in [-0.4, -0.2) is 31.1 Å². The summed E-state index contributed by atoms with van der Waals surface area (Å²) in [4.78, 5) is 6.63. The van der Waals surface area contributed by atoms with Gasteiger partial charge in [-0.15, -0.1) is 0 Å². The molecule has 0 amide bonds. The van der Waals surface area contributed by atoms with Crippen molar-refractivity contribution >= 4 is 5.69 Å². The molecule has 0 bridgehead atoms. The van der Waals surface area contributed by atoms with Crippen molar-refractivity contribution in [2.45, 2.75) is 13.1 Å². The normalized spacial score (nSPS) is 10.6. The van der Waals surface area contributed by atoms with Gasteiger partial charge in [0.15, 0.2) is 0 Å². The fourth-order valence-corrected chi connectivity index (χ4v) is 2.14. The van der Waals surface area contributed by atoms with Crippen molar-refractivity contribution < 1.29 is 4.74 Å². The first-order chi connectivity index (χ1) is 9.71. The van der Waals surface area contributed by atoms with E-state index in [1.807, 2.05) is 31.4 Å². The lowest BCUT2D eigenvalue weighted by Crippen LogP contribution is -2.18. The van der Waals surface area contributed by atoms with E-state index in [-0.39, 0.29) is 0 Å². The maximum absolute atomic E-state index is 5.25. The zero-order valence-electron chi connectivity index (χ0n) is 12.3. The molecule has 0 aliphatic rings. The van der Waals surface area contributed by atoms with Crippen molar-refractivity contribution in [3.63, 3.8) is 0 Å². The first kappa shape index (κ1) is 14.3. The molecule has 0 atom stereocenters.